The first kappa shape index (κ1) is 25.9. The maximum Gasteiger partial charge on any atom is 0.308 e. The molecule has 38 heavy (non-hydrogen) atoms. The van der Waals surface area contributed by atoms with Crippen LogP contribution in [-0.4, -0.2) is 45.5 Å². The molecule has 196 valence electrons. The summed E-state index contributed by atoms with van der Waals surface area (Å²) in [6.45, 7) is 1.32. The van der Waals surface area contributed by atoms with Crippen LogP contribution in [0.3, 0.4) is 0 Å². The van der Waals surface area contributed by atoms with Crippen LogP contribution in [0.5, 0.6) is 0 Å². The van der Waals surface area contributed by atoms with Crippen LogP contribution in [0.2, 0.25) is 5.02 Å². The predicted molar refractivity (Wildman–Crippen MR) is 152 cm³/mol. The van der Waals surface area contributed by atoms with Gasteiger partial charge in [-0.3, -0.25) is 23.7 Å². The third kappa shape index (κ3) is 4.45. The van der Waals surface area contributed by atoms with Crippen molar-refractivity contribution in [2.45, 2.75) is 42.0 Å². The van der Waals surface area contributed by atoms with Gasteiger partial charge in [-0.05, 0) is 61.2 Å². The first-order valence-corrected chi connectivity index (χ1v) is 15.3. The number of piperidine rings is 1. The van der Waals surface area contributed by atoms with Crippen LogP contribution in [0.4, 0.5) is 5.69 Å². The zero-order valence-corrected chi connectivity index (χ0v) is 24.1. The van der Waals surface area contributed by atoms with Crippen molar-refractivity contribution in [1.29, 1.82) is 0 Å². The van der Waals surface area contributed by atoms with Crippen LogP contribution >= 0.6 is 50.6 Å². The van der Waals surface area contributed by atoms with E-state index in [4.69, 9.17) is 11.6 Å². The maximum atomic E-state index is 13.9. The fourth-order valence-electron chi connectivity index (χ4n) is 5.51. The van der Waals surface area contributed by atoms with Gasteiger partial charge in [-0.1, -0.05) is 62.8 Å². The molecule has 2 aromatic carbocycles. The number of thiazole rings is 1. The molecule has 4 heterocycles. The number of carbonyl (C=O) groups is 3. The van der Waals surface area contributed by atoms with Gasteiger partial charge in [-0.2, -0.15) is 0 Å². The molecule has 2 saturated heterocycles. The van der Waals surface area contributed by atoms with Crippen LogP contribution in [0.25, 0.3) is 0 Å². The smallest absolute Gasteiger partial charge is 0.308 e. The van der Waals surface area contributed by atoms with E-state index in [1.165, 1.54) is 21.2 Å². The summed E-state index contributed by atoms with van der Waals surface area (Å²) in [6.07, 6.45) is 3.02. The number of halogens is 2. The van der Waals surface area contributed by atoms with Gasteiger partial charge in [0.15, 0.2) is 0 Å². The molecule has 6 rings (SSSR count). The number of aromatic nitrogens is 1. The Bertz CT molecular complexity index is 1480. The van der Waals surface area contributed by atoms with Crippen molar-refractivity contribution >= 4 is 74.0 Å². The summed E-state index contributed by atoms with van der Waals surface area (Å²) < 4.78 is 2.34. The molecule has 3 amide bonds. The average molecular weight is 633 g/mol. The molecule has 3 atom stereocenters. The summed E-state index contributed by atoms with van der Waals surface area (Å²) in [5.74, 6) is -1.89. The Morgan fingerprint density at radius 3 is 2.32 bits per heavy atom. The lowest BCUT2D eigenvalue weighted by molar-refractivity contribution is -0.133. The Kier molecular flexibility index (Phi) is 7.00. The second kappa shape index (κ2) is 10.3. The Hall–Kier alpha value is -2.40. The van der Waals surface area contributed by atoms with Crippen molar-refractivity contribution in [2.75, 3.05) is 18.0 Å². The predicted octanol–water partition coefficient (Wildman–Crippen LogP) is 5.13. The van der Waals surface area contributed by atoms with E-state index in [1.54, 1.807) is 36.4 Å². The summed E-state index contributed by atoms with van der Waals surface area (Å²) in [5, 5.41) is 0.439. The second-order valence-electron chi connectivity index (χ2n) is 9.65. The standard InChI is InChI=1S/C27H23BrClN3O4S2/c28-16-6-10-18(11-7-16)32-24(34)21-20(15-4-8-17(29)9-5-15)23-26(37-22(21)25(32)35)31(27(36)38-23)14-19(33)30-12-2-1-3-13-30/h4-11,20-22H,1-3,12-14H2. The molecule has 3 aliphatic heterocycles. The second-order valence-corrected chi connectivity index (χ2v) is 13.1. The highest BCUT2D eigenvalue weighted by atomic mass is 79.9. The number of likely N-dealkylation sites (tertiary alicyclic amines) is 1. The SMILES string of the molecule is O=C(Cn1c2c(sc1=O)C(c1ccc(Cl)cc1)C1C(=O)N(c3ccc(Br)cc3)C(=O)C1S2)N1CCCCC1. The van der Waals surface area contributed by atoms with Gasteiger partial charge in [-0.15, -0.1) is 0 Å². The first-order valence-electron chi connectivity index (χ1n) is 12.4. The molecule has 0 N–H and O–H groups in total. The summed E-state index contributed by atoms with van der Waals surface area (Å²) >= 11 is 11.9. The van der Waals surface area contributed by atoms with Gasteiger partial charge in [0.05, 0.1) is 16.6 Å². The third-order valence-corrected chi connectivity index (χ3v) is 10.7. The van der Waals surface area contributed by atoms with Crippen LogP contribution in [0, 0.1) is 5.92 Å². The topological polar surface area (TPSA) is 79.7 Å². The van der Waals surface area contributed by atoms with Gasteiger partial charge in [0.1, 0.15) is 11.8 Å². The molecule has 0 saturated carbocycles. The first-order chi connectivity index (χ1) is 18.3. The molecule has 0 bridgehead atoms. The minimum Gasteiger partial charge on any atom is -0.341 e. The highest BCUT2D eigenvalue weighted by molar-refractivity contribution is 9.10. The lowest BCUT2D eigenvalue weighted by Gasteiger charge is -2.31. The van der Waals surface area contributed by atoms with Crippen LogP contribution in [0.15, 0.2) is 62.8 Å². The van der Waals surface area contributed by atoms with Gasteiger partial charge >= 0.3 is 4.87 Å². The molecule has 0 aliphatic carbocycles. The average Bonchev–Trinajstić information content (AvgIpc) is 3.36. The van der Waals surface area contributed by atoms with Crippen molar-refractivity contribution in [3.8, 4) is 0 Å². The molecule has 11 heteroatoms. The van der Waals surface area contributed by atoms with Crippen molar-refractivity contribution in [3.63, 3.8) is 0 Å². The number of fused-ring (bicyclic) bond motifs is 2. The van der Waals surface area contributed by atoms with Crippen molar-refractivity contribution in [3.05, 3.63) is 78.1 Å². The Morgan fingerprint density at radius 1 is 0.947 bits per heavy atom. The number of carbonyl (C=O) groups excluding carboxylic acids is 3. The third-order valence-electron chi connectivity index (χ3n) is 7.37. The zero-order valence-electron chi connectivity index (χ0n) is 20.1. The number of imide groups is 1. The molecule has 3 unspecified atom stereocenters. The Balaban J connectivity index is 1.43. The van der Waals surface area contributed by atoms with E-state index in [2.05, 4.69) is 15.9 Å². The van der Waals surface area contributed by atoms with Gasteiger partial charge in [-0.25, -0.2) is 4.90 Å². The molecular formula is C27H23BrClN3O4S2. The summed E-state index contributed by atoms with van der Waals surface area (Å²) in [7, 11) is 0. The largest absolute Gasteiger partial charge is 0.341 e. The van der Waals surface area contributed by atoms with Crippen molar-refractivity contribution < 1.29 is 14.4 Å². The number of amides is 3. The molecule has 0 spiro atoms. The van der Waals surface area contributed by atoms with E-state index in [0.29, 0.717) is 33.7 Å². The van der Waals surface area contributed by atoms with E-state index in [-0.39, 0.29) is 29.1 Å². The molecule has 7 nitrogen and oxygen atoms in total. The van der Waals surface area contributed by atoms with Crippen LogP contribution in [0.1, 0.15) is 35.6 Å². The molecular weight excluding hydrogens is 610 g/mol. The van der Waals surface area contributed by atoms with Crippen LogP contribution in [-0.2, 0) is 20.9 Å². The van der Waals surface area contributed by atoms with Gasteiger partial charge in [0.2, 0.25) is 17.7 Å². The summed E-state index contributed by atoms with van der Waals surface area (Å²) in [6, 6.07) is 14.3. The van der Waals surface area contributed by atoms with E-state index in [1.807, 2.05) is 17.0 Å². The summed E-state index contributed by atoms with van der Waals surface area (Å²) in [5.41, 5.74) is 1.31. The van der Waals surface area contributed by atoms with Gasteiger partial charge < -0.3 is 4.90 Å². The molecule has 1 aromatic heterocycles. The highest BCUT2D eigenvalue weighted by Crippen LogP contribution is 2.54. The fraction of sp³-hybridized carbons (Fsp3) is 0.333. The molecule has 3 aromatic rings. The number of benzene rings is 2. The number of hydrogen-bond donors (Lipinski definition) is 0. The normalized spacial score (nSPS) is 22.9. The number of nitrogens with zero attached hydrogens (tertiary/aromatic N) is 3. The van der Waals surface area contributed by atoms with E-state index in [9.17, 15) is 19.2 Å². The lowest BCUT2D eigenvalue weighted by Crippen LogP contribution is -2.39. The zero-order chi connectivity index (χ0) is 26.6. The summed E-state index contributed by atoms with van der Waals surface area (Å²) in [4.78, 5) is 57.5. The Morgan fingerprint density at radius 2 is 1.63 bits per heavy atom. The maximum absolute atomic E-state index is 13.9. The van der Waals surface area contributed by atoms with Crippen LogP contribution < -0.4 is 9.77 Å². The number of thioether (sulfide) groups is 1. The van der Waals surface area contributed by atoms with Crippen molar-refractivity contribution in [1.82, 2.24) is 9.47 Å². The van der Waals surface area contributed by atoms with E-state index in [0.717, 1.165) is 40.6 Å². The fourth-order valence-corrected chi connectivity index (χ4v) is 8.67. The highest BCUT2D eigenvalue weighted by Gasteiger charge is 2.56. The monoisotopic (exact) mass is 631 g/mol. The number of hydrogen-bond acceptors (Lipinski definition) is 6. The van der Waals surface area contributed by atoms with Gasteiger partial charge in [0.25, 0.3) is 0 Å². The van der Waals surface area contributed by atoms with E-state index < -0.39 is 17.1 Å². The minimum atomic E-state index is -0.718. The Labute approximate surface area is 240 Å². The van der Waals surface area contributed by atoms with E-state index >= 15 is 0 Å². The quantitative estimate of drug-likeness (QED) is 0.373. The number of anilines is 1. The van der Waals surface area contributed by atoms with Gasteiger partial charge in [0, 0.05) is 33.4 Å². The minimum absolute atomic E-state index is 0.0685. The number of rotatable bonds is 4. The molecule has 2 fully saturated rings. The molecule has 0 radical (unpaired) electrons. The molecule has 3 aliphatic rings. The van der Waals surface area contributed by atoms with Crippen molar-refractivity contribution in [2.24, 2.45) is 5.92 Å². The lowest BCUT2D eigenvalue weighted by atomic mass is 9.83.